The molecule has 0 radical (unpaired) electrons. The van der Waals surface area contributed by atoms with Gasteiger partial charge in [0.15, 0.2) is 0 Å². The fourth-order valence-corrected chi connectivity index (χ4v) is 3.76. The van der Waals surface area contributed by atoms with Crippen LogP contribution in [-0.2, 0) is 9.59 Å². The molecule has 0 bridgehead atoms. The van der Waals surface area contributed by atoms with E-state index in [9.17, 15) is 9.59 Å². The normalized spacial score (nSPS) is 11.1. The SMILES string of the molecule is CCN(CC)c1ccc(/C=N\NC(=O)CCCCC(=O)N/N=C\c2ccc(N(CC)CC)cc2)cc1. The van der Waals surface area contributed by atoms with E-state index < -0.39 is 0 Å². The Hall–Kier alpha value is -3.68. The largest absolute Gasteiger partial charge is 0.372 e. The highest BCUT2D eigenvalue weighted by Gasteiger charge is 2.04. The zero-order chi connectivity index (χ0) is 26.2. The van der Waals surface area contributed by atoms with Crippen LogP contribution in [0.1, 0.15) is 64.5 Å². The number of amides is 2. The number of carbonyl (C=O) groups excluding carboxylic acids is 2. The van der Waals surface area contributed by atoms with Crippen LogP contribution in [-0.4, -0.2) is 50.4 Å². The van der Waals surface area contributed by atoms with E-state index in [2.05, 4.69) is 58.5 Å². The predicted octanol–water partition coefficient (Wildman–Crippen LogP) is 4.54. The predicted molar refractivity (Wildman–Crippen MR) is 150 cm³/mol. The summed E-state index contributed by atoms with van der Waals surface area (Å²) >= 11 is 0. The topological polar surface area (TPSA) is 89.4 Å². The van der Waals surface area contributed by atoms with Gasteiger partial charge in [-0.15, -0.1) is 0 Å². The Bertz CT molecular complexity index is 897. The minimum Gasteiger partial charge on any atom is -0.372 e. The van der Waals surface area contributed by atoms with Crippen molar-refractivity contribution in [2.24, 2.45) is 10.2 Å². The molecule has 2 aromatic carbocycles. The van der Waals surface area contributed by atoms with Crippen molar-refractivity contribution in [1.29, 1.82) is 0 Å². The van der Waals surface area contributed by atoms with Crippen LogP contribution < -0.4 is 20.7 Å². The number of benzene rings is 2. The summed E-state index contributed by atoms with van der Waals surface area (Å²) in [6.45, 7) is 12.3. The van der Waals surface area contributed by atoms with Crippen LogP contribution in [0.5, 0.6) is 0 Å². The Morgan fingerprint density at radius 1 is 0.639 bits per heavy atom. The van der Waals surface area contributed by atoms with E-state index in [1.54, 1.807) is 12.4 Å². The Morgan fingerprint density at radius 3 is 1.28 bits per heavy atom. The molecule has 2 aromatic rings. The van der Waals surface area contributed by atoms with Gasteiger partial charge >= 0.3 is 0 Å². The number of nitrogens with one attached hydrogen (secondary N) is 2. The van der Waals surface area contributed by atoms with Crippen molar-refractivity contribution in [3.05, 3.63) is 59.7 Å². The smallest absolute Gasteiger partial charge is 0.240 e. The minimum absolute atomic E-state index is 0.169. The van der Waals surface area contributed by atoms with Gasteiger partial charge in [-0.1, -0.05) is 24.3 Å². The first-order chi connectivity index (χ1) is 17.5. The standard InChI is InChI=1S/C28H40N6O2/c1-5-33(6-2)25-17-13-23(14-18-25)21-29-31-27(35)11-9-10-12-28(36)32-30-22-24-15-19-26(20-16-24)34(7-3)8-4/h13-22H,5-12H2,1-4H3,(H,31,35)(H,32,36)/b29-21-,30-22-. The average molecular weight is 493 g/mol. The van der Waals surface area contributed by atoms with Crippen LogP contribution in [0, 0.1) is 0 Å². The number of carbonyl (C=O) groups is 2. The van der Waals surface area contributed by atoms with Crippen molar-refractivity contribution in [2.75, 3.05) is 36.0 Å². The van der Waals surface area contributed by atoms with Gasteiger partial charge < -0.3 is 9.80 Å². The number of nitrogens with zero attached hydrogens (tertiary/aromatic N) is 4. The molecule has 2 rings (SSSR count). The van der Waals surface area contributed by atoms with Gasteiger partial charge in [-0.3, -0.25) is 9.59 Å². The van der Waals surface area contributed by atoms with E-state index >= 15 is 0 Å². The van der Waals surface area contributed by atoms with Crippen LogP contribution in [0.4, 0.5) is 11.4 Å². The molecule has 2 amide bonds. The molecule has 0 saturated heterocycles. The fraction of sp³-hybridized carbons (Fsp3) is 0.429. The summed E-state index contributed by atoms with van der Waals surface area (Å²) < 4.78 is 0. The zero-order valence-electron chi connectivity index (χ0n) is 22.0. The molecule has 0 saturated carbocycles. The molecular formula is C28H40N6O2. The number of hydrogen-bond donors (Lipinski definition) is 2. The van der Waals surface area contributed by atoms with Gasteiger partial charge in [-0.05, 0) is 75.9 Å². The van der Waals surface area contributed by atoms with E-state index in [4.69, 9.17) is 0 Å². The van der Waals surface area contributed by atoms with E-state index in [0.29, 0.717) is 25.7 Å². The molecule has 0 aromatic heterocycles. The fourth-order valence-electron chi connectivity index (χ4n) is 3.76. The van der Waals surface area contributed by atoms with Crippen molar-refractivity contribution in [3.8, 4) is 0 Å². The molecule has 8 heteroatoms. The van der Waals surface area contributed by atoms with E-state index in [1.807, 2.05) is 48.5 Å². The van der Waals surface area contributed by atoms with E-state index in [0.717, 1.165) is 37.3 Å². The number of rotatable bonds is 15. The Labute approximate surface area is 215 Å². The number of hydrazone groups is 2. The van der Waals surface area contributed by atoms with Gasteiger partial charge in [-0.2, -0.15) is 10.2 Å². The molecule has 0 heterocycles. The molecule has 8 nitrogen and oxygen atoms in total. The van der Waals surface area contributed by atoms with Crippen LogP contribution in [0.2, 0.25) is 0 Å². The molecule has 0 aliphatic rings. The molecule has 194 valence electrons. The van der Waals surface area contributed by atoms with Gasteiger partial charge in [0.1, 0.15) is 0 Å². The summed E-state index contributed by atoms with van der Waals surface area (Å²) in [5, 5.41) is 8.05. The Balaban J connectivity index is 1.62. The second-order valence-electron chi connectivity index (χ2n) is 8.32. The van der Waals surface area contributed by atoms with Gasteiger partial charge in [0.2, 0.25) is 11.8 Å². The molecule has 36 heavy (non-hydrogen) atoms. The number of anilines is 2. The van der Waals surface area contributed by atoms with Gasteiger partial charge in [-0.25, -0.2) is 10.9 Å². The van der Waals surface area contributed by atoms with Crippen LogP contribution in [0.3, 0.4) is 0 Å². The number of unbranched alkanes of at least 4 members (excludes halogenated alkanes) is 1. The molecule has 0 fully saturated rings. The minimum atomic E-state index is -0.169. The summed E-state index contributed by atoms with van der Waals surface area (Å²) in [6.07, 6.45) is 5.09. The molecule has 0 aliphatic heterocycles. The maximum Gasteiger partial charge on any atom is 0.240 e. The summed E-state index contributed by atoms with van der Waals surface area (Å²) in [5.41, 5.74) is 9.26. The van der Waals surface area contributed by atoms with E-state index in [1.165, 1.54) is 11.4 Å². The lowest BCUT2D eigenvalue weighted by Gasteiger charge is -2.20. The maximum absolute atomic E-state index is 12.0. The zero-order valence-corrected chi connectivity index (χ0v) is 22.0. The van der Waals surface area contributed by atoms with Gasteiger partial charge in [0.05, 0.1) is 12.4 Å². The third-order valence-corrected chi connectivity index (χ3v) is 5.91. The lowest BCUT2D eigenvalue weighted by atomic mass is 10.2. The molecule has 2 N–H and O–H groups in total. The first-order valence-electron chi connectivity index (χ1n) is 12.8. The maximum atomic E-state index is 12.0. The van der Waals surface area contributed by atoms with Crippen LogP contribution in [0.15, 0.2) is 58.7 Å². The van der Waals surface area contributed by atoms with Crippen molar-refractivity contribution >= 4 is 35.6 Å². The lowest BCUT2D eigenvalue weighted by Crippen LogP contribution is -2.21. The third kappa shape index (κ3) is 9.90. The van der Waals surface area contributed by atoms with Gasteiger partial charge in [0.25, 0.3) is 0 Å². The highest BCUT2D eigenvalue weighted by atomic mass is 16.2. The average Bonchev–Trinajstić information content (AvgIpc) is 2.90. The van der Waals surface area contributed by atoms with Gasteiger partial charge in [0, 0.05) is 50.4 Å². The highest BCUT2D eigenvalue weighted by Crippen LogP contribution is 2.15. The second kappa shape index (κ2) is 16.1. The number of hydrogen-bond acceptors (Lipinski definition) is 6. The van der Waals surface area contributed by atoms with Crippen molar-refractivity contribution in [1.82, 2.24) is 10.9 Å². The third-order valence-electron chi connectivity index (χ3n) is 5.91. The summed E-state index contributed by atoms with van der Waals surface area (Å²) in [5.74, 6) is -0.338. The monoisotopic (exact) mass is 492 g/mol. The highest BCUT2D eigenvalue weighted by molar-refractivity contribution is 5.84. The molecule has 0 aliphatic carbocycles. The summed E-state index contributed by atoms with van der Waals surface area (Å²) in [7, 11) is 0. The van der Waals surface area contributed by atoms with Crippen LogP contribution in [0.25, 0.3) is 0 Å². The first kappa shape index (κ1) is 28.6. The molecule has 0 atom stereocenters. The molecular weight excluding hydrogens is 452 g/mol. The van der Waals surface area contributed by atoms with Crippen molar-refractivity contribution < 1.29 is 9.59 Å². The molecule has 0 unspecified atom stereocenters. The summed E-state index contributed by atoms with van der Waals surface area (Å²) in [4.78, 5) is 28.5. The Morgan fingerprint density at radius 2 is 0.972 bits per heavy atom. The quantitative estimate of drug-likeness (QED) is 0.217. The first-order valence-corrected chi connectivity index (χ1v) is 12.8. The van der Waals surface area contributed by atoms with Crippen LogP contribution >= 0.6 is 0 Å². The lowest BCUT2D eigenvalue weighted by molar-refractivity contribution is -0.123. The Kier molecular flexibility index (Phi) is 12.8. The van der Waals surface area contributed by atoms with Crippen molar-refractivity contribution in [2.45, 2.75) is 53.4 Å². The summed E-state index contributed by atoms with van der Waals surface area (Å²) in [6, 6.07) is 16.1. The van der Waals surface area contributed by atoms with E-state index in [-0.39, 0.29) is 11.8 Å². The molecule has 0 spiro atoms. The second-order valence-corrected chi connectivity index (χ2v) is 8.32. The van der Waals surface area contributed by atoms with Crippen molar-refractivity contribution in [3.63, 3.8) is 0 Å².